The minimum absolute atomic E-state index is 0.0422. The van der Waals surface area contributed by atoms with Gasteiger partial charge in [0.2, 0.25) is 54.2 Å². The lowest BCUT2D eigenvalue weighted by atomic mass is 10.4. The van der Waals surface area contributed by atoms with E-state index in [0.717, 1.165) is 14.7 Å². The molecule has 0 aliphatic carbocycles. The van der Waals surface area contributed by atoms with Crippen molar-refractivity contribution >= 4 is 60.5 Å². The van der Waals surface area contributed by atoms with E-state index in [2.05, 4.69) is 21.3 Å². The Morgan fingerprint density at radius 2 is 0.941 bits per heavy atom. The fourth-order valence-electron chi connectivity index (χ4n) is 2.87. The van der Waals surface area contributed by atoms with Gasteiger partial charge in [0.05, 0.1) is 52.4 Å². The first kappa shape index (κ1) is 52.7. The average molecular weight is 733 g/mol. The second-order valence-electron chi connectivity index (χ2n) is 10.4. The average Bonchev–Trinajstić information content (AvgIpc) is 3.12. The molecule has 51 heavy (non-hydrogen) atoms. The molecule has 0 unspecified atom stereocenters. The predicted molar refractivity (Wildman–Crippen MR) is 190 cm³/mol. The van der Waals surface area contributed by atoms with E-state index in [-0.39, 0.29) is 70.1 Å². The minimum Gasteiger partial charge on any atom is -0.350 e. The third-order valence-electron chi connectivity index (χ3n) is 6.26. The number of nitrogens with one attached hydrogen (secondary N) is 4. The molecular formula is C31H60N10O10. The van der Waals surface area contributed by atoms with Gasteiger partial charge in [0.15, 0.2) is 0 Å². The zero-order chi connectivity index (χ0) is 40.5. The molecule has 0 spiro atoms. The molecule has 0 rings (SSSR count). The summed E-state index contributed by atoms with van der Waals surface area (Å²) in [6.45, 7) is 8.43. The van der Waals surface area contributed by atoms with E-state index in [9.17, 15) is 47.9 Å². The van der Waals surface area contributed by atoms with Crippen molar-refractivity contribution in [2.24, 2.45) is 0 Å². The second-order valence-corrected chi connectivity index (χ2v) is 10.4. The molecule has 0 atom stereocenters. The van der Waals surface area contributed by atoms with E-state index < -0.39 is 23.6 Å². The van der Waals surface area contributed by atoms with Crippen molar-refractivity contribution in [2.45, 2.75) is 27.7 Å². The number of likely N-dealkylation sites (N-methyl/N-ethyl adjacent to an activating group) is 7. The SMILES string of the molecule is CC.CCN(C)C(=O)CN(C)C(=O)CNC.CCN(C)C(=O)CNC=O.CN(C=O)CC(=O)NCC(=O)N(C)CC(=O)N(C)CC(=O)NCC=O. The number of rotatable bonds is 20. The molecule has 20 nitrogen and oxygen atoms in total. The summed E-state index contributed by atoms with van der Waals surface area (Å²) >= 11 is 0. The summed E-state index contributed by atoms with van der Waals surface area (Å²) in [7, 11) is 10.9. The Kier molecular flexibility index (Phi) is 34.5. The molecule has 0 heterocycles. The van der Waals surface area contributed by atoms with Gasteiger partial charge in [-0.1, -0.05) is 13.8 Å². The van der Waals surface area contributed by atoms with Crippen molar-refractivity contribution in [2.75, 3.05) is 115 Å². The Morgan fingerprint density at radius 3 is 1.37 bits per heavy atom. The summed E-state index contributed by atoms with van der Waals surface area (Å²) in [6.07, 6.45) is 1.52. The Bertz CT molecular complexity index is 1090. The van der Waals surface area contributed by atoms with E-state index in [1.165, 1.54) is 30.9 Å². The van der Waals surface area contributed by atoms with Crippen LogP contribution in [0.4, 0.5) is 0 Å². The maximum atomic E-state index is 11.9. The molecule has 0 aromatic rings. The van der Waals surface area contributed by atoms with Gasteiger partial charge in [0.25, 0.3) is 0 Å². The van der Waals surface area contributed by atoms with Crippen LogP contribution in [0.15, 0.2) is 0 Å². The first-order chi connectivity index (χ1) is 23.9. The molecule has 0 aliphatic rings. The molecule has 0 aliphatic heterocycles. The minimum atomic E-state index is -0.508. The molecule has 0 aromatic heterocycles. The van der Waals surface area contributed by atoms with Crippen LogP contribution in [-0.2, 0) is 47.9 Å². The maximum Gasteiger partial charge on any atom is 0.242 e. The van der Waals surface area contributed by atoms with Crippen LogP contribution in [0.25, 0.3) is 0 Å². The zero-order valence-electron chi connectivity index (χ0n) is 32.1. The summed E-state index contributed by atoms with van der Waals surface area (Å²) in [6, 6.07) is 0. The molecule has 294 valence electrons. The van der Waals surface area contributed by atoms with Crippen LogP contribution in [0, 0.1) is 0 Å². The summed E-state index contributed by atoms with van der Waals surface area (Å²) in [5.41, 5.74) is 0. The summed E-state index contributed by atoms with van der Waals surface area (Å²) in [5, 5.41) is 9.66. The molecule has 4 N–H and O–H groups in total. The predicted octanol–water partition coefficient (Wildman–Crippen LogP) is -4.20. The quantitative estimate of drug-likeness (QED) is 0.0876. The van der Waals surface area contributed by atoms with E-state index in [1.54, 1.807) is 33.1 Å². The highest BCUT2D eigenvalue weighted by atomic mass is 16.2. The highest BCUT2D eigenvalue weighted by Crippen LogP contribution is 1.92. The Morgan fingerprint density at radius 1 is 0.529 bits per heavy atom. The third-order valence-corrected chi connectivity index (χ3v) is 6.26. The van der Waals surface area contributed by atoms with Crippen LogP contribution in [0.3, 0.4) is 0 Å². The van der Waals surface area contributed by atoms with Crippen molar-refractivity contribution in [3.63, 3.8) is 0 Å². The van der Waals surface area contributed by atoms with Crippen LogP contribution in [0.1, 0.15) is 27.7 Å². The number of amides is 9. The van der Waals surface area contributed by atoms with Crippen LogP contribution in [0.5, 0.6) is 0 Å². The van der Waals surface area contributed by atoms with Gasteiger partial charge >= 0.3 is 0 Å². The Balaban J connectivity index is -0.000000356. The normalized spacial score (nSPS) is 9.16. The lowest BCUT2D eigenvalue weighted by Crippen LogP contribution is -2.46. The van der Waals surface area contributed by atoms with Crippen molar-refractivity contribution in [3.8, 4) is 0 Å². The van der Waals surface area contributed by atoms with Crippen molar-refractivity contribution in [1.29, 1.82) is 0 Å². The topological polar surface area (TPSA) is 238 Å². The van der Waals surface area contributed by atoms with Crippen molar-refractivity contribution in [1.82, 2.24) is 50.7 Å². The van der Waals surface area contributed by atoms with Gasteiger partial charge < -0.3 is 55.5 Å². The van der Waals surface area contributed by atoms with Crippen LogP contribution in [-0.4, -0.2) is 205 Å². The lowest BCUT2D eigenvalue weighted by molar-refractivity contribution is -0.140. The maximum absolute atomic E-state index is 11.9. The molecule has 20 heteroatoms. The number of nitrogens with zero attached hydrogens (tertiary/aromatic N) is 6. The second kappa shape index (κ2) is 33.4. The molecule has 0 aromatic carbocycles. The number of hydrogen-bond donors (Lipinski definition) is 4. The van der Waals surface area contributed by atoms with Gasteiger partial charge in [-0.05, 0) is 20.9 Å². The highest BCUT2D eigenvalue weighted by Gasteiger charge is 2.18. The monoisotopic (exact) mass is 732 g/mol. The van der Waals surface area contributed by atoms with E-state index in [1.807, 2.05) is 27.7 Å². The number of hydrogen-bond acceptors (Lipinski definition) is 11. The smallest absolute Gasteiger partial charge is 0.242 e. The van der Waals surface area contributed by atoms with E-state index in [4.69, 9.17) is 0 Å². The van der Waals surface area contributed by atoms with E-state index in [0.29, 0.717) is 32.2 Å². The van der Waals surface area contributed by atoms with Gasteiger partial charge in [-0.25, -0.2) is 0 Å². The number of aldehydes is 1. The molecule has 0 bridgehead atoms. The van der Waals surface area contributed by atoms with Gasteiger partial charge in [-0.3, -0.25) is 43.2 Å². The molecule has 9 amide bonds. The fourth-order valence-corrected chi connectivity index (χ4v) is 2.87. The molecule has 0 saturated heterocycles. The van der Waals surface area contributed by atoms with Gasteiger partial charge in [0.1, 0.15) is 6.29 Å². The van der Waals surface area contributed by atoms with Crippen LogP contribution in [0.2, 0.25) is 0 Å². The first-order valence-electron chi connectivity index (χ1n) is 16.1. The van der Waals surface area contributed by atoms with E-state index >= 15 is 0 Å². The first-order valence-corrected chi connectivity index (χ1v) is 16.1. The third kappa shape index (κ3) is 29.5. The summed E-state index contributed by atoms with van der Waals surface area (Å²) in [4.78, 5) is 118. The lowest BCUT2D eigenvalue weighted by Gasteiger charge is -2.22. The van der Waals surface area contributed by atoms with Crippen molar-refractivity contribution in [3.05, 3.63) is 0 Å². The largest absolute Gasteiger partial charge is 0.350 e. The molecule has 0 saturated carbocycles. The van der Waals surface area contributed by atoms with Crippen LogP contribution < -0.4 is 21.3 Å². The van der Waals surface area contributed by atoms with Gasteiger partial charge in [0, 0.05) is 55.4 Å². The molecule has 0 radical (unpaired) electrons. The van der Waals surface area contributed by atoms with Gasteiger partial charge in [-0.2, -0.15) is 0 Å². The Hall–Kier alpha value is -5.14. The molecular weight excluding hydrogens is 672 g/mol. The number of carbonyl (C=O) groups excluding carboxylic acids is 10. The summed E-state index contributed by atoms with van der Waals surface area (Å²) < 4.78 is 0. The molecule has 0 fully saturated rings. The van der Waals surface area contributed by atoms with Gasteiger partial charge in [-0.15, -0.1) is 0 Å². The Labute approximate surface area is 301 Å². The number of carbonyl (C=O) groups is 10. The highest BCUT2D eigenvalue weighted by molar-refractivity contribution is 5.90. The summed E-state index contributed by atoms with van der Waals surface area (Å²) in [5.74, 6) is -2.19. The van der Waals surface area contributed by atoms with Crippen molar-refractivity contribution < 1.29 is 47.9 Å². The zero-order valence-corrected chi connectivity index (χ0v) is 32.1. The standard InChI is InChI=1S/C14H23N5O6.C9H19N3O2.C6H12N2O2.C2H6/c1-17(10-21)7-11(22)16-6-13(24)19(3)9-14(25)18(2)8-12(23)15-4-5-20;1-5-11(3)9(14)7-12(4)8(13)6-10-2;1-3-8(2)6(10)4-7-5-9;1-2/h5,10H,4,6-9H2,1-3H3,(H,15,23)(H,16,22);10H,5-7H2,1-4H3;5H,3-4H2,1-2H3,(H,7,9);1-2H3. The fraction of sp³-hybridized carbons (Fsp3) is 0.677. The van der Waals surface area contributed by atoms with Crippen LogP contribution >= 0.6 is 0 Å².